The summed E-state index contributed by atoms with van der Waals surface area (Å²) in [5.74, 6) is -0.924. The summed E-state index contributed by atoms with van der Waals surface area (Å²) in [6, 6.07) is 13.8. The number of hydrogen-bond donors (Lipinski definition) is 1. The van der Waals surface area contributed by atoms with Gasteiger partial charge in [0.2, 0.25) is 5.91 Å². The topological polar surface area (TPSA) is 76.9 Å². The average Bonchev–Trinajstić information content (AvgIpc) is 3.20. The van der Waals surface area contributed by atoms with Gasteiger partial charge in [0.1, 0.15) is 17.4 Å². The normalized spacial score (nSPS) is 11.0. The summed E-state index contributed by atoms with van der Waals surface area (Å²) < 4.78 is 15.0. The summed E-state index contributed by atoms with van der Waals surface area (Å²) in [6.07, 6.45) is 0. The number of halogens is 2. The van der Waals surface area contributed by atoms with Crippen molar-refractivity contribution in [3.63, 3.8) is 0 Å². The quantitative estimate of drug-likeness (QED) is 0.508. The van der Waals surface area contributed by atoms with Crippen LogP contribution in [0.15, 0.2) is 53.3 Å². The second-order valence-electron chi connectivity index (χ2n) is 6.64. The van der Waals surface area contributed by atoms with E-state index in [0.29, 0.717) is 21.5 Å². The van der Waals surface area contributed by atoms with Crippen molar-refractivity contribution < 1.29 is 9.18 Å². The van der Waals surface area contributed by atoms with Crippen LogP contribution in [-0.4, -0.2) is 20.7 Å². The number of aromatic nitrogens is 3. The first kappa shape index (κ1) is 20.2. The lowest BCUT2D eigenvalue weighted by molar-refractivity contribution is -0.122. The number of nitrogens with one attached hydrogen (secondary N) is 1. The zero-order valence-electron chi connectivity index (χ0n) is 15.9. The van der Waals surface area contributed by atoms with E-state index in [1.807, 2.05) is 30.3 Å². The minimum Gasteiger partial charge on any atom is -0.350 e. The van der Waals surface area contributed by atoms with Crippen LogP contribution in [0.25, 0.3) is 20.8 Å². The van der Waals surface area contributed by atoms with Crippen molar-refractivity contribution in [3.05, 3.63) is 81.0 Å². The van der Waals surface area contributed by atoms with E-state index in [4.69, 9.17) is 11.6 Å². The fraction of sp³-hybridized carbons (Fsp3) is 0.143. The Labute approximate surface area is 180 Å². The van der Waals surface area contributed by atoms with Gasteiger partial charge < -0.3 is 5.32 Å². The summed E-state index contributed by atoms with van der Waals surface area (Å²) in [7, 11) is 0. The molecule has 0 bridgehead atoms. The molecule has 2 aromatic carbocycles. The molecule has 1 N–H and O–H groups in total. The molecule has 0 radical (unpaired) electrons. The third-order valence-electron chi connectivity index (χ3n) is 4.45. The minimum absolute atomic E-state index is 0.0153. The van der Waals surface area contributed by atoms with Gasteiger partial charge in [-0.3, -0.25) is 9.59 Å². The van der Waals surface area contributed by atoms with Gasteiger partial charge in [0.25, 0.3) is 5.56 Å². The summed E-state index contributed by atoms with van der Waals surface area (Å²) in [5, 5.41) is 7.66. The van der Waals surface area contributed by atoms with Crippen molar-refractivity contribution in [2.45, 2.75) is 20.0 Å². The van der Waals surface area contributed by atoms with Gasteiger partial charge in [0.15, 0.2) is 5.52 Å². The Morgan fingerprint density at radius 1 is 1.23 bits per heavy atom. The van der Waals surface area contributed by atoms with Gasteiger partial charge >= 0.3 is 0 Å². The van der Waals surface area contributed by atoms with Gasteiger partial charge in [-0.1, -0.05) is 48.0 Å². The van der Waals surface area contributed by atoms with E-state index in [-0.39, 0.29) is 18.1 Å². The number of amides is 1. The molecule has 6 nitrogen and oxygen atoms in total. The second kappa shape index (κ2) is 8.33. The zero-order chi connectivity index (χ0) is 21.3. The molecule has 4 aromatic rings. The molecule has 2 aromatic heterocycles. The van der Waals surface area contributed by atoms with Gasteiger partial charge in [-0.25, -0.2) is 14.1 Å². The van der Waals surface area contributed by atoms with Crippen LogP contribution >= 0.6 is 22.9 Å². The predicted molar refractivity (Wildman–Crippen MR) is 115 cm³/mol. The predicted octanol–water partition coefficient (Wildman–Crippen LogP) is 3.94. The number of benzene rings is 2. The van der Waals surface area contributed by atoms with Crippen LogP contribution in [0.4, 0.5) is 4.39 Å². The Morgan fingerprint density at radius 2 is 2.00 bits per heavy atom. The van der Waals surface area contributed by atoms with E-state index in [2.05, 4.69) is 15.4 Å². The molecule has 0 saturated heterocycles. The second-order valence-corrected chi connectivity index (χ2v) is 8.04. The lowest BCUT2D eigenvalue weighted by Gasteiger charge is -2.08. The Bertz CT molecular complexity index is 1300. The van der Waals surface area contributed by atoms with Crippen molar-refractivity contribution in [1.82, 2.24) is 20.1 Å². The van der Waals surface area contributed by atoms with Crippen LogP contribution in [0.5, 0.6) is 0 Å². The van der Waals surface area contributed by atoms with Crippen LogP contribution < -0.4 is 10.9 Å². The number of fused-ring (bicyclic) bond motifs is 1. The van der Waals surface area contributed by atoms with E-state index in [1.165, 1.54) is 29.5 Å². The molecule has 0 fully saturated rings. The fourth-order valence-electron chi connectivity index (χ4n) is 2.96. The zero-order valence-corrected chi connectivity index (χ0v) is 17.4. The van der Waals surface area contributed by atoms with Crippen molar-refractivity contribution >= 4 is 39.1 Å². The molecule has 0 spiro atoms. The number of hydrogen-bond acceptors (Lipinski definition) is 5. The van der Waals surface area contributed by atoms with Crippen LogP contribution in [0.3, 0.4) is 0 Å². The van der Waals surface area contributed by atoms with E-state index < -0.39 is 17.3 Å². The lowest BCUT2D eigenvalue weighted by atomic mass is 10.2. The Morgan fingerprint density at radius 3 is 2.73 bits per heavy atom. The molecule has 0 aliphatic carbocycles. The molecule has 4 rings (SSSR count). The molecule has 0 aliphatic heterocycles. The maximum atomic E-state index is 13.2. The number of thiazole rings is 1. The summed E-state index contributed by atoms with van der Waals surface area (Å²) in [5.41, 5.74) is 2.06. The lowest BCUT2D eigenvalue weighted by Crippen LogP contribution is -2.33. The summed E-state index contributed by atoms with van der Waals surface area (Å²) >= 11 is 7.15. The highest BCUT2D eigenvalue weighted by Gasteiger charge is 2.16. The molecule has 9 heteroatoms. The molecule has 30 heavy (non-hydrogen) atoms. The van der Waals surface area contributed by atoms with Crippen molar-refractivity contribution in [3.8, 4) is 10.6 Å². The number of aryl methyl sites for hydroxylation is 1. The van der Waals surface area contributed by atoms with Gasteiger partial charge in [0, 0.05) is 12.1 Å². The Hall–Kier alpha value is -3.10. The van der Waals surface area contributed by atoms with Crippen LogP contribution in [-0.2, 0) is 17.9 Å². The van der Waals surface area contributed by atoms with Crippen molar-refractivity contribution in [2.24, 2.45) is 0 Å². The van der Waals surface area contributed by atoms with Crippen LogP contribution in [0.1, 0.15) is 11.3 Å². The first-order valence-corrected chi connectivity index (χ1v) is 10.3. The van der Waals surface area contributed by atoms with E-state index in [1.54, 1.807) is 6.92 Å². The van der Waals surface area contributed by atoms with Crippen molar-refractivity contribution in [1.29, 1.82) is 0 Å². The van der Waals surface area contributed by atoms with Crippen molar-refractivity contribution in [2.75, 3.05) is 0 Å². The average molecular weight is 443 g/mol. The molecule has 0 unspecified atom stereocenters. The molecule has 1 amide bonds. The third kappa shape index (κ3) is 4.10. The molecule has 2 heterocycles. The molecule has 0 atom stereocenters. The largest absolute Gasteiger partial charge is 0.350 e. The Kier molecular flexibility index (Phi) is 5.61. The number of carbonyl (C=O) groups excluding carboxylic acids is 1. The highest BCUT2D eigenvalue weighted by atomic mass is 35.5. The number of nitrogens with zero attached hydrogens (tertiary/aromatic N) is 3. The molecular formula is C21H16ClFN4O2S. The molecule has 0 aliphatic rings. The molecule has 152 valence electrons. The number of carbonyl (C=O) groups is 1. The highest BCUT2D eigenvalue weighted by molar-refractivity contribution is 7.21. The fourth-order valence-corrected chi connectivity index (χ4v) is 4.16. The Balaban J connectivity index is 1.55. The monoisotopic (exact) mass is 442 g/mol. The number of rotatable bonds is 5. The SMILES string of the molecule is Cc1nn(CC(=O)NCc2ccc(F)c(Cl)c2)c(=O)c2nc(-c3ccccc3)sc12. The van der Waals surface area contributed by atoms with Gasteiger partial charge in [-0.05, 0) is 24.6 Å². The van der Waals surface area contributed by atoms with E-state index in [9.17, 15) is 14.0 Å². The van der Waals surface area contributed by atoms with E-state index >= 15 is 0 Å². The highest BCUT2D eigenvalue weighted by Crippen LogP contribution is 2.29. The van der Waals surface area contributed by atoms with Gasteiger partial charge in [0.05, 0.1) is 15.4 Å². The molecule has 0 saturated carbocycles. The van der Waals surface area contributed by atoms with E-state index in [0.717, 1.165) is 15.3 Å². The smallest absolute Gasteiger partial charge is 0.294 e. The summed E-state index contributed by atoms with van der Waals surface area (Å²) in [6.45, 7) is 1.69. The maximum Gasteiger partial charge on any atom is 0.294 e. The standard InChI is InChI=1S/C21H16ClFN4O2S/c1-12-19-18(25-20(30-19)14-5-3-2-4-6-14)21(29)27(26-12)11-17(28)24-10-13-7-8-16(23)15(22)9-13/h2-9H,10-11H2,1H3,(H,24,28). The van der Waals surface area contributed by atoms with Gasteiger partial charge in [-0.2, -0.15) is 5.10 Å². The molecular weight excluding hydrogens is 427 g/mol. The van der Waals surface area contributed by atoms with Gasteiger partial charge in [-0.15, -0.1) is 11.3 Å². The van der Waals surface area contributed by atoms with Crippen LogP contribution in [0.2, 0.25) is 5.02 Å². The third-order valence-corrected chi connectivity index (χ3v) is 5.95. The van der Waals surface area contributed by atoms with Crippen LogP contribution in [0, 0.1) is 12.7 Å². The minimum atomic E-state index is -0.524. The maximum absolute atomic E-state index is 13.2. The summed E-state index contributed by atoms with van der Waals surface area (Å²) in [4.78, 5) is 29.6. The first-order valence-electron chi connectivity index (χ1n) is 9.06. The first-order chi connectivity index (χ1) is 14.4.